The van der Waals surface area contributed by atoms with E-state index in [0.29, 0.717) is 0 Å². The molecular weight excluding hydrogens is 532 g/mol. The minimum atomic E-state index is 1.12. The lowest BCUT2D eigenvalue weighted by Gasteiger charge is -2.26. The van der Waals surface area contributed by atoms with Crippen LogP contribution in [0.4, 0.5) is 17.1 Å². The Morgan fingerprint density at radius 2 is 0.727 bits per heavy atom. The summed E-state index contributed by atoms with van der Waals surface area (Å²) < 4.78 is 2.43. The number of hydrogen-bond acceptors (Lipinski definition) is 1. The van der Waals surface area contributed by atoms with Crippen molar-refractivity contribution in [1.29, 1.82) is 0 Å². The Kier molecular flexibility index (Phi) is 5.54. The number of nitrogens with zero attached hydrogens (tertiary/aromatic N) is 2. The van der Waals surface area contributed by atoms with Crippen LogP contribution in [-0.4, -0.2) is 4.40 Å². The fourth-order valence-electron chi connectivity index (χ4n) is 6.88. The van der Waals surface area contributed by atoms with Crippen LogP contribution in [0.15, 0.2) is 170 Å². The Morgan fingerprint density at radius 3 is 1.27 bits per heavy atom. The zero-order valence-electron chi connectivity index (χ0n) is 24.1. The van der Waals surface area contributed by atoms with Crippen molar-refractivity contribution in [3.8, 4) is 22.3 Å². The second-order valence-electron chi connectivity index (χ2n) is 11.4. The minimum absolute atomic E-state index is 1.12. The van der Waals surface area contributed by atoms with Crippen molar-refractivity contribution in [2.75, 3.05) is 4.90 Å². The number of fused-ring (bicyclic) bond motifs is 6. The molecule has 0 unspecified atom stereocenters. The van der Waals surface area contributed by atoms with Crippen molar-refractivity contribution < 1.29 is 0 Å². The average Bonchev–Trinajstić information content (AvgIpc) is 3.62. The molecule has 2 nitrogen and oxygen atoms in total. The lowest BCUT2D eigenvalue weighted by molar-refractivity contribution is 1.28. The van der Waals surface area contributed by atoms with E-state index in [4.69, 9.17) is 0 Å². The monoisotopic (exact) mass is 560 g/mol. The van der Waals surface area contributed by atoms with Crippen LogP contribution in [0.25, 0.3) is 60.3 Å². The smallest absolute Gasteiger partial charge is 0.0620 e. The molecule has 2 heteroatoms. The summed E-state index contributed by atoms with van der Waals surface area (Å²) in [5.74, 6) is 0. The molecule has 0 aliphatic rings. The molecule has 9 rings (SSSR count). The lowest BCUT2D eigenvalue weighted by Crippen LogP contribution is -2.09. The number of anilines is 3. The first kappa shape index (κ1) is 24.7. The van der Waals surface area contributed by atoms with Crippen molar-refractivity contribution in [1.82, 2.24) is 4.40 Å². The van der Waals surface area contributed by atoms with E-state index in [1.165, 1.54) is 60.3 Å². The zero-order valence-corrected chi connectivity index (χ0v) is 24.1. The van der Waals surface area contributed by atoms with Gasteiger partial charge in [-0.2, -0.15) is 0 Å². The van der Waals surface area contributed by atoms with E-state index in [-0.39, 0.29) is 0 Å². The molecule has 9 aromatic rings. The molecule has 0 spiro atoms. The Bertz CT molecular complexity index is 2320. The first-order valence-electron chi connectivity index (χ1n) is 15.1. The highest BCUT2D eigenvalue weighted by atomic mass is 15.1. The summed E-state index contributed by atoms with van der Waals surface area (Å²) >= 11 is 0. The highest BCUT2D eigenvalue weighted by Gasteiger charge is 2.19. The molecule has 0 bridgehead atoms. The van der Waals surface area contributed by atoms with Gasteiger partial charge in [-0.15, -0.1) is 0 Å². The summed E-state index contributed by atoms with van der Waals surface area (Å²) in [6.07, 6.45) is 0. The third-order valence-corrected chi connectivity index (χ3v) is 8.91. The van der Waals surface area contributed by atoms with Gasteiger partial charge in [-0.3, -0.25) is 0 Å². The SMILES string of the molecule is c1ccc(-c2ccc(N(c3ccccc3)c3ccc(-c4cc5c6ccccc6n6c7ccccc7c(c4)c56)cc3)cc2)cc1. The van der Waals surface area contributed by atoms with E-state index >= 15 is 0 Å². The van der Waals surface area contributed by atoms with Crippen LogP contribution < -0.4 is 4.90 Å². The molecule has 44 heavy (non-hydrogen) atoms. The molecule has 206 valence electrons. The predicted molar refractivity (Wildman–Crippen MR) is 187 cm³/mol. The van der Waals surface area contributed by atoms with Crippen LogP contribution in [-0.2, 0) is 0 Å². The number of rotatable bonds is 5. The summed E-state index contributed by atoms with van der Waals surface area (Å²) in [4.78, 5) is 2.32. The molecule has 0 aliphatic heterocycles. The van der Waals surface area contributed by atoms with Crippen molar-refractivity contribution >= 4 is 55.2 Å². The van der Waals surface area contributed by atoms with Gasteiger partial charge in [0.1, 0.15) is 0 Å². The first-order chi connectivity index (χ1) is 21.8. The maximum Gasteiger partial charge on any atom is 0.0620 e. The quantitative estimate of drug-likeness (QED) is 0.203. The van der Waals surface area contributed by atoms with Gasteiger partial charge in [0.25, 0.3) is 0 Å². The molecule has 0 N–H and O–H groups in total. The molecule has 0 radical (unpaired) electrons. The van der Waals surface area contributed by atoms with Gasteiger partial charge < -0.3 is 9.30 Å². The van der Waals surface area contributed by atoms with Gasteiger partial charge in [-0.25, -0.2) is 0 Å². The van der Waals surface area contributed by atoms with Crippen LogP contribution in [0.3, 0.4) is 0 Å². The third kappa shape index (κ3) is 3.82. The van der Waals surface area contributed by atoms with Crippen LogP contribution >= 0.6 is 0 Å². The Labute approximate surface area is 256 Å². The van der Waals surface area contributed by atoms with Gasteiger partial charge >= 0.3 is 0 Å². The molecule has 2 heterocycles. The van der Waals surface area contributed by atoms with Crippen LogP contribution in [0.5, 0.6) is 0 Å². The van der Waals surface area contributed by atoms with Crippen LogP contribution in [0.1, 0.15) is 0 Å². The molecule has 0 amide bonds. The second kappa shape index (κ2) is 9.86. The summed E-state index contributed by atoms with van der Waals surface area (Å²) in [6.45, 7) is 0. The van der Waals surface area contributed by atoms with Gasteiger partial charge in [-0.1, -0.05) is 109 Å². The lowest BCUT2D eigenvalue weighted by atomic mass is 9.99. The Balaban J connectivity index is 1.16. The summed E-state index contributed by atoms with van der Waals surface area (Å²) in [7, 11) is 0. The summed E-state index contributed by atoms with van der Waals surface area (Å²) in [5, 5.41) is 5.20. The molecule has 0 saturated carbocycles. The number of aromatic nitrogens is 1. The molecule has 0 atom stereocenters. The van der Waals surface area contributed by atoms with Crippen molar-refractivity contribution in [2.45, 2.75) is 0 Å². The molecule has 0 aliphatic carbocycles. The molecule has 7 aromatic carbocycles. The predicted octanol–water partition coefficient (Wildman–Crippen LogP) is 11.6. The normalized spacial score (nSPS) is 11.6. The maximum atomic E-state index is 2.43. The highest BCUT2D eigenvalue weighted by molar-refractivity contribution is 6.24. The van der Waals surface area contributed by atoms with E-state index in [1.54, 1.807) is 0 Å². The number of hydrogen-bond donors (Lipinski definition) is 0. The Morgan fingerprint density at radius 1 is 0.318 bits per heavy atom. The van der Waals surface area contributed by atoms with Crippen molar-refractivity contribution in [3.63, 3.8) is 0 Å². The summed E-state index contributed by atoms with van der Waals surface area (Å²) in [5.41, 5.74) is 12.1. The molecule has 2 aromatic heterocycles. The Hall–Kier alpha value is -5.86. The summed E-state index contributed by atoms with van der Waals surface area (Å²) in [6, 6.07) is 61.3. The largest absolute Gasteiger partial charge is 0.311 e. The maximum absolute atomic E-state index is 2.43. The van der Waals surface area contributed by atoms with E-state index in [0.717, 1.165) is 17.1 Å². The van der Waals surface area contributed by atoms with E-state index < -0.39 is 0 Å². The average molecular weight is 561 g/mol. The minimum Gasteiger partial charge on any atom is -0.311 e. The van der Waals surface area contributed by atoms with Gasteiger partial charge in [0.15, 0.2) is 0 Å². The topological polar surface area (TPSA) is 7.65 Å². The van der Waals surface area contributed by atoms with Gasteiger partial charge in [0.05, 0.1) is 16.6 Å². The standard InChI is InChI=1S/C42H28N2/c1-3-11-29(12-4-1)30-19-23-34(24-20-30)43(33-13-5-2-6-14-33)35-25-21-31(22-26-35)32-27-38-36-15-7-9-17-40(36)44-41-18-10-8-16-37(41)39(28-32)42(38)44/h1-28H. The zero-order chi connectivity index (χ0) is 29.0. The van der Waals surface area contributed by atoms with E-state index in [1.807, 2.05) is 0 Å². The highest BCUT2D eigenvalue weighted by Crippen LogP contribution is 2.42. The van der Waals surface area contributed by atoms with E-state index in [9.17, 15) is 0 Å². The van der Waals surface area contributed by atoms with Crippen molar-refractivity contribution in [2.24, 2.45) is 0 Å². The third-order valence-electron chi connectivity index (χ3n) is 8.91. The van der Waals surface area contributed by atoms with Gasteiger partial charge in [0.2, 0.25) is 0 Å². The first-order valence-corrected chi connectivity index (χ1v) is 15.1. The fraction of sp³-hybridized carbons (Fsp3) is 0. The van der Waals surface area contributed by atoms with Crippen LogP contribution in [0, 0.1) is 0 Å². The van der Waals surface area contributed by atoms with Gasteiger partial charge in [0, 0.05) is 38.6 Å². The van der Waals surface area contributed by atoms with Gasteiger partial charge in [-0.05, 0) is 82.9 Å². The fourth-order valence-corrected chi connectivity index (χ4v) is 6.88. The second-order valence-corrected chi connectivity index (χ2v) is 11.4. The molecular formula is C42H28N2. The van der Waals surface area contributed by atoms with Crippen LogP contribution in [0.2, 0.25) is 0 Å². The van der Waals surface area contributed by atoms with E-state index in [2.05, 4.69) is 179 Å². The number of benzene rings is 7. The van der Waals surface area contributed by atoms with Crippen molar-refractivity contribution in [3.05, 3.63) is 170 Å². The molecule has 0 fully saturated rings. The number of para-hydroxylation sites is 3. The molecule has 0 saturated heterocycles.